The normalized spacial score (nSPS) is 14.4. The molecule has 0 amide bonds. The van der Waals surface area contributed by atoms with Crippen LogP contribution in [0.3, 0.4) is 0 Å². The summed E-state index contributed by atoms with van der Waals surface area (Å²) in [4.78, 5) is 2.78. The Bertz CT molecular complexity index is 1110. The van der Waals surface area contributed by atoms with Crippen molar-refractivity contribution in [1.82, 2.24) is 4.90 Å². The summed E-state index contributed by atoms with van der Waals surface area (Å²) in [6, 6.07) is 28.5. The van der Waals surface area contributed by atoms with Crippen LogP contribution in [0, 0.1) is 0 Å². The van der Waals surface area contributed by atoms with Gasteiger partial charge in [-0.05, 0) is 34.4 Å². The summed E-state index contributed by atoms with van der Waals surface area (Å²) in [6.45, 7) is 1.25. The highest BCUT2D eigenvalue weighted by molar-refractivity contribution is 8.00. The summed E-state index contributed by atoms with van der Waals surface area (Å²) in [5, 5.41) is 3.09. The molecule has 1 fully saturated rings. The lowest BCUT2D eigenvalue weighted by Crippen LogP contribution is -2.44. The third-order valence-corrected chi connectivity index (χ3v) is 6.75. The standard InChI is InChI=1S/C25H26N2O2S/c1-26-23-15-9-14-21(16-23)25(30(2,28)29)22-17-27(18-22)24(19-10-5-3-6-11-19)20-12-7-4-8-13-20/h3-16,24,26H,17-18H2,1-2H3. The highest BCUT2D eigenvalue weighted by atomic mass is 32.2. The van der Waals surface area contributed by atoms with E-state index in [9.17, 15) is 8.42 Å². The average molecular weight is 419 g/mol. The molecule has 1 N–H and O–H groups in total. The van der Waals surface area contributed by atoms with Crippen LogP contribution in [0.5, 0.6) is 0 Å². The molecule has 4 rings (SSSR count). The van der Waals surface area contributed by atoms with Crippen molar-refractivity contribution in [3.63, 3.8) is 0 Å². The van der Waals surface area contributed by atoms with E-state index in [1.54, 1.807) is 0 Å². The molecule has 1 heterocycles. The molecule has 1 saturated heterocycles. The van der Waals surface area contributed by atoms with Crippen LogP contribution in [0.2, 0.25) is 0 Å². The van der Waals surface area contributed by atoms with Gasteiger partial charge >= 0.3 is 0 Å². The van der Waals surface area contributed by atoms with Crippen LogP contribution >= 0.6 is 0 Å². The van der Waals surface area contributed by atoms with Gasteiger partial charge in [-0.25, -0.2) is 8.42 Å². The fraction of sp³-hybridized carbons (Fsp3) is 0.200. The van der Waals surface area contributed by atoms with Crippen molar-refractivity contribution in [1.29, 1.82) is 0 Å². The highest BCUT2D eigenvalue weighted by Crippen LogP contribution is 2.38. The van der Waals surface area contributed by atoms with E-state index in [0.29, 0.717) is 18.0 Å². The van der Waals surface area contributed by atoms with Gasteiger partial charge in [0.1, 0.15) is 0 Å². The van der Waals surface area contributed by atoms with Gasteiger partial charge in [-0.15, -0.1) is 0 Å². The van der Waals surface area contributed by atoms with Crippen LogP contribution in [-0.4, -0.2) is 39.7 Å². The molecule has 0 atom stereocenters. The molecule has 0 aliphatic carbocycles. The molecular weight excluding hydrogens is 392 g/mol. The maximum atomic E-state index is 12.7. The van der Waals surface area contributed by atoms with Crippen LogP contribution in [-0.2, 0) is 9.84 Å². The molecule has 0 unspecified atom stereocenters. The van der Waals surface area contributed by atoms with E-state index in [1.807, 2.05) is 67.7 Å². The molecule has 0 bridgehead atoms. The number of nitrogens with one attached hydrogen (secondary N) is 1. The van der Waals surface area contributed by atoms with Crippen molar-refractivity contribution >= 4 is 20.4 Å². The Hall–Kier alpha value is -2.89. The van der Waals surface area contributed by atoms with Gasteiger partial charge in [0, 0.05) is 32.1 Å². The molecule has 154 valence electrons. The number of anilines is 1. The molecule has 3 aromatic rings. The minimum Gasteiger partial charge on any atom is -0.388 e. The van der Waals surface area contributed by atoms with E-state index >= 15 is 0 Å². The van der Waals surface area contributed by atoms with Crippen molar-refractivity contribution in [2.24, 2.45) is 0 Å². The first-order valence-corrected chi connectivity index (χ1v) is 11.9. The van der Waals surface area contributed by atoms with Crippen LogP contribution in [0.15, 0.2) is 90.5 Å². The zero-order valence-electron chi connectivity index (χ0n) is 17.2. The molecule has 0 radical (unpaired) electrons. The van der Waals surface area contributed by atoms with Gasteiger partial charge in [0.25, 0.3) is 0 Å². The molecule has 1 aliphatic rings. The van der Waals surface area contributed by atoms with E-state index in [2.05, 4.69) is 34.5 Å². The molecule has 0 aromatic heterocycles. The molecule has 1 aliphatic heterocycles. The number of likely N-dealkylation sites (tertiary alicyclic amines) is 1. The average Bonchev–Trinajstić information content (AvgIpc) is 2.73. The minimum absolute atomic E-state index is 0.0978. The molecule has 0 saturated carbocycles. The summed E-state index contributed by atoms with van der Waals surface area (Å²) in [7, 11) is -1.52. The zero-order valence-corrected chi connectivity index (χ0v) is 18.1. The Kier molecular flexibility index (Phi) is 5.75. The summed E-state index contributed by atoms with van der Waals surface area (Å²) in [6.07, 6.45) is 1.30. The summed E-state index contributed by atoms with van der Waals surface area (Å²) >= 11 is 0. The lowest BCUT2D eigenvalue weighted by atomic mass is 9.92. The van der Waals surface area contributed by atoms with E-state index in [4.69, 9.17) is 0 Å². The van der Waals surface area contributed by atoms with Crippen LogP contribution in [0.1, 0.15) is 22.7 Å². The maximum absolute atomic E-state index is 12.7. The topological polar surface area (TPSA) is 49.4 Å². The number of benzene rings is 3. The molecule has 0 spiro atoms. The maximum Gasteiger partial charge on any atom is 0.176 e. The number of nitrogens with zero attached hydrogens (tertiary/aromatic N) is 1. The minimum atomic E-state index is -3.36. The number of hydrogen-bond donors (Lipinski definition) is 1. The predicted molar refractivity (Wildman–Crippen MR) is 124 cm³/mol. The smallest absolute Gasteiger partial charge is 0.176 e. The Labute approximate surface area is 178 Å². The fourth-order valence-electron chi connectivity index (χ4n) is 4.15. The van der Waals surface area contributed by atoms with Gasteiger partial charge in [-0.2, -0.15) is 0 Å². The SMILES string of the molecule is CNc1cccc(C(=C2CN(C(c3ccccc3)c3ccccc3)C2)S(C)(=O)=O)c1. The molecule has 4 nitrogen and oxygen atoms in total. The van der Waals surface area contributed by atoms with Crippen molar-refractivity contribution in [3.05, 3.63) is 107 Å². The zero-order chi connectivity index (χ0) is 21.1. The Balaban J connectivity index is 1.71. The van der Waals surface area contributed by atoms with Crippen molar-refractivity contribution in [2.45, 2.75) is 6.04 Å². The number of sulfone groups is 1. The first kappa shape index (κ1) is 20.4. The van der Waals surface area contributed by atoms with E-state index in [-0.39, 0.29) is 6.04 Å². The quantitative estimate of drug-likeness (QED) is 0.636. The fourth-order valence-corrected chi connectivity index (χ4v) is 5.36. The van der Waals surface area contributed by atoms with E-state index in [0.717, 1.165) is 16.8 Å². The molecular formula is C25H26N2O2S. The summed E-state index contributed by atoms with van der Waals surface area (Å²) < 4.78 is 25.4. The Morgan fingerprint density at radius 2 is 1.43 bits per heavy atom. The second-order valence-corrected chi connectivity index (χ2v) is 9.62. The third kappa shape index (κ3) is 4.18. The van der Waals surface area contributed by atoms with Crippen LogP contribution in [0.25, 0.3) is 4.91 Å². The molecule has 30 heavy (non-hydrogen) atoms. The summed E-state index contributed by atoms with van der Waals surface area (Å²) in [5.74, 6) is 0. The first-order valence-electron chi connectivity index (χ1n) is 10.0. The second-order valence-electron chi connectivity index (χ2n) is 7.66. The van der Waals surface area contributed by atoms with Gasteiger partial charge in [-0.1, -0.05) is 72.8 Å². The first-order chi connectivity index (χ1) is 14.5. The van der Waals surface area contributed by atoms with Gasteiger partial charge in [0.05, 0.1) is 10.9 Å². The largest absolute Gasteiger partial charge is 0.388 e. The molecule has 5 heteroatoms. The van der Waals surface area contributed by atoms with Crippen molar-refractivity contribution in [3.8, 4) is 0 Å². The van der Waals surface area contributed by atoms with Gasteiger partial charge in [0.15, 0.2) is 9.84 Å². The van der Waals surface area contributed by atoms with E-state index in [1.165, 1.54) is 17.4 Å². The summed E-state index contributed by atoms with van der Waals surface area (Å²) in [5.41, 5.74) is 5.02. The second kappa shape index (κ2) is 8.46. The van der Waals surface area contributed by atoms with Crippen molar-refractivity contribution in [2.75, 3.05) is 31.7 Å². The van der Waals surface area contributed by atoms with E-state index < -0.39 is 9.84 Å². The highest BCUT2D eigenvalue weighted by Gasteiger charge is 2.34. The molecule has 3 aromatic carbocycles. The number of rotatable bonds is 6. The monoisotopic (exact) mass is 418 g/mol. The predicted octanol–water partition coefficient (Wildman–Crippen LogP) is 4.59. The van der Waals surface area contributed by atoms with Crippen LogP contribution < -0.4 is 5.32 Å². The van der Waals surface area contributed by atoms with Gasteiger partial charge in [-0.3, -0.25) is 4.90 Å². The third-order valence-electron chi connectivity index (χ3n) is 5.49. The van der Waals surface area contributed by atoms with Crippen LogP contribution in [0.4, 0.5) is 5.69 Å². The lowest BCUT2D eigenvalue weighted by molar-refractivity contribution is 0.203. The number of hydrogen-bond acceptors (Lipinski definition) is 4. The van der Waals surface area contributed by atoms with Gasteiger partial charge < -0.3 is 5.32 Å². The Morgan fingerprint density at radius 1 is 0.867 bits per heavy atom. The lowest BCUT2D eigenvalue weighted by Gasteiger charge is -2.42. The van der Waals surface area contributed by atoms with Gasteiger partial charge in [0.2, 0.25) is 0 Å². The Morgan fingerprint density at radius 3 is 1.93 bits per heavy atom. The van der Waals surface area contributed by atoms with Crippen molar-refractivity contribution < 1.29 is 8.42 Å².